The van der Waals surface area contributed by atoms with Crippen LogP contribution in [-0.2, 0) is 9.59 Å². The van der Waals surface area contributed by atoms with E-state index in [1.54, 1.807) is 30.3 Å². The average molecular weight is 609 g/mol. The maximum Gasteiger partial charge on any atom is 0.301 e. The van der Waals surface area contributed by atoms with Crippen molar-refractivity contribution in [2.75, 3.05) is 18.6 Å². The Morgan fingerprint density at radius 2 is 1.85 bits per heavy atom. The fourth-order valence-corrected chi connectivity index (χ4v) is 6.37. The van der Waals surface area contributed by atoms with Crippen LogP contribution in [-0.4, -0.2) is 40.6 Å². The second kappa shape index (κ2) is 10.3. The molecule has 200 valence electrons. The Hall–Kier alpha value is -3.89. The number of phenols is 1. The molecule has 1 saturated heterocycles. The molecule has 1 aromatic heterocycles. The van der Waals surface area contributed by atoms with Crippen molar-refractivity contribution < 1.29 is 29.3 Å². The number of aromatic nitrogens is 1. The minimum atomic E-state index is -1.04. The van der Waals surface area contributed by atoms with E-state index in [9.17, 15) is 19.8 Å². The van der Waals surface area contributed by atoms with Crippen LogP contribution in [0, 0.1) is 13.8 Å². The highest BCUT2D eigenvalue weighted by Gasteiger charge is 2.48. The third kappa shape index (κ3) is 4.63. The molecule has 10 heteroatoms. The number of carbonyl (C=O) groups excluding carboxylic acids is 2. The van der Waals surface area contributed by atoms with Crippen molar-refractivity contribution in [1.29, 1.82) is 0 Å². The van der Waals surface area contributed by atoms with Gasteiger partial charge in [0.05, 0.1) is 40.0 Å². The van der Waals surface area contributed by atoms with Crippen LogP contribution in [0.15, 0.2) is 58.6 Å². The number of aliphatic hydroxyl groups excluding tert-OH is 1. The summed E-state index contributed by atoms with van der Waals surface area (Å²) in [5, 5.41) is 22.2. The molecule has 0 spiro atoms. The van der Waals surface area contributed by atoms with Crippen LogP contribution in [0.5, 0.6) is 17.2 Å². The molecule has 1 amide bonds. The number of hydrogen-bond acceptors (Lipinski definition) is 8. The Balaban J connectivity index is 1.75. The molecule has 0 aliphatic carbocycles. The smallest absolute Gasteiger partial charge is 0.301 e. The van der Waals surface area contributed by atoms with Crippen molar-refractivity contribution in [3.05, 3.63) is 80.8 Å². The first-order valence-corrected chi connectivity index (χ1v) is 13.7. The van der Waals surface area contributed by atoms with E-state index in [1.807, 2.05) is 32.9 Å². The molecule has 4 aromatic rings. The first-order chi connectivity index (χ1) is 18.6. The highest BCUT2D eigenvalue weighted by molar-refractivity contribution is 9.10. The normalized spacial score (nSPS) is 16.7. The molecule has 1 fully saturated rings. The molecule has 39 heavy (non-hydrogen) atoms. The summed E-state index contributed by atoms with van der Waals surface area (Å²) in [6.45, 7) is 6.27. The number of halogens is 1. The van der Waals surface area contributed by atoms with E-state index in [2.05, 4.69) is 15.9 Å². The highest BCUT2D eigenvalue weighted by atomic mass is 79.9. The molecule has 1 unspecified atom stereocenters. The van der Waals surface area contributed by atoms with Gasteiger partial charge in [0.2, 0.25) is 0 Å². The molecule has 8 nitrogen and oxygen atoms in total. The van der Waals surface area contributed by atoms with Crippen molar-refractivity contribution in [2.45, 2.75) is 26.8 Å². The summed E-state index contributed by atoms with van der Waals surface area (Å²) in [4.78, 5) is 33.2. The monoisotopic (exact) mass is 608 g/mol. The number of fused-ring (bicyclic) bond motifs is 1. The van der Waals surface area contributed by atoms with Crippen LogP contribution in [0.25, 0.3) is 16.0 Å². The van der Waals surface area contributed by atoms with Gasteiger partial charge in [-0.25, -0.2) is 4.98 Å². The topological polar surface area (TPSA) is 109 Å². The number of aryl methyl sites for hydroxylation is 2. The van der Waals surface area contributed by atoms with Gasteiger partial charge in [-0.1, -0.05) is 17.4 Å². The zero-order chi connectivity index (χ0) is 28.0. The van der Waals surface area contributed by atoms with Gasteiger partial charge in [-0.3, -0.25) is 14.5 Å². The number of carbonyl (C=O) groups is 2. The Morgan fingerprint density at radius 3 is 2.51 bits per heavy atom. The second-order valence-corrected chi connectivity index (χ2v) is 11.0. The van der Waals surface area contributed by atoms with E-state index in [1.165, 1.54) is 29.4 Å². The second-order valence-electron chi connectivity index (χ2n) is 9.11. The molecule has 2 N–H and O–H groups in total. The fraction of sp³-hybridized carbons (Fsp3) is 0.207. The maximum absolute atomic E-state index is 13.6. The predicted octanol–water partition coefficient (Wildman–Crippen LogP) is 6.41. The summed E-state index contributed by atoms with van der Waals surface area (Å²) >= 11 is 4.63. The lowest BCUT2D eigenvalue weighted by Crippen LogP contribution is -2.29. The first kappa shape index (κ1) is 26.7. The molecular weight excluding hydrogens is 584 g/mol. The predicted molar refractivity (Wildman–Crippen MR) is 154 cm³/mol. The van der Waals surface area contributed by atoms with Crippen molar-refractivity contribution >= 4 is 60.1 Å². The molecule has 3 aromatic carbocycles. The van der Waals surface area contributed by atoms with Gasteiger partial charge in [0.15, 0.2) is 16.6 Å². The van der Waals surface area contributed by atoms with Gasteiger partial charge in [-0.15, -0.1) is 0 Å². The molecule has 0 saturated carbocycles. The van der Waals surface area contributed by atoms with Crippen molar-refractivity contribution in [1.82, 2.24) is 4.98 Å². The lowest BCUT2D eigenvalue weighted by Gasteiger charge is -2.24. The number of ketones is 1. The first-order valence-electron chi connectivity index (χ1n) is 12.1. The number of thiazole rings is 1. The number of anilines is 1. The van der Waals surface area contributed by atoms with Crippen molar-refractivity contribution in [3.8, 4) is 17.2 Å². The van der Waals surface area contributed by atoms with Crippen LogP contribution in [0.2, 0.25) is 0 Å². The number of Topliss-reactive ketones (excluding diaryl/α,β-unsaturated/α-hetero) is 1. The number of phenolic OH excluding ortho intramolecular Hbond substituents is 1. The molecule has 1 aliphatic heterocycles. The number of aliphatic hydroxyl groups is 1. The van der Waals surface area contributed by atoms with E-state index in [0.717, 1.165) is 21.3 Å². The minimum absolute atomic E-state index is 0.101. The number of rotatable bonds is 6. The van der Waals surface area contributed by atoms with E-state index in [4.69, 9.17) is 14.5 Å². The summed E-state index contributed by atoms with van der Waals surface area (Å²) < 4.78 is 12.0. The summed E-state index contributed by atoms with van der Waals surface area (Å²) in [6.07, 6.45) is 0. The Kier molecular flexibility index (Phi) is 7.09. The number of nitrogens with zero attached hydrogens (tertiary/aromatic N) is 2. The van der Waals surface area contributed by atoms with Crippen LogP contribution in [0.4, 0.5) is 5.13 Å². The SMILES string of the molecule is CCOc1ccc(/C(O)=C2\C(=O)C(=O)N(c3nc4c(C)cc(C)cc4s3)C2c2cc(Br)c(O)c(OC)c2)cc1. The quantitative estimate of drug-likeness (QED) is 0.148. The van der Waals surface area contributed by atoms with Gasteiger partial charge >= 0.3 is 5.91 Å². The Labute approximate surface area is 237 Å². The molecular formula is C29H25BrN2O6S. The third-order valence-electron chi connectivity index (χ3n) is 6.49. The lowest BCUT2D eigenvalue weighted by atomic mass is 9.95. The van der Waals surface area contributed by atoms with Crippen LogP contribution < -0.4 is 14.4 Å². The number of amides is 1. The maximum atomic E-state index is 13.6. The van der Waals surface area contributed by atoms with Crippen LogP contribution >= 0.6 is 27.3 Å². The summed E-state index contributed by atoms with van der Waals surface area (Å²) in [5.74, 6) is -1.37. The molecule has 0 bridgehead atoms. The van der Waals surface area contributed by atoms with Gasteiger partial charge in [-0.2, -0.15) is 0 Å². The number of ether oxygens (including phenoxy) is 2. The van der Waals surface area contributed by atoms with Gasteiger partial charge in [0.1, 0.15) is 11.5 Å². The fourth-order valence-electron chi connectivity index (χ4n) is 4.75. The number of benzene rings is 3. The standard InChI is InChI=1S/C29H25BrN2O6S/c1-5-38-18-8-6-16(7-9-18)25(33)22-24(17-12-19(30)26(34)20(13-17)37-4)32(28(36)27(22)35)29-31-23-15(3)10-14(2)11-21(23)39-29/h6-13,24,33-34H,5H2,1-4H3/b25-22+. The summed E-state index contributed by atoms with van der Waals surface area (Å²) in [6, 6.07) is 12.7. The van der Waals surface area contributed by atoms with Gasteiger partial charge < -0.3 is 19.7 Å². The van der Waals surface area contributed by atoms with Crippen LogP contribution in [0.3, 0.4) is 0 Å². The molecule has 2 heterocycles. The largest absolute Gasteiger partial charge is 0.507 e. The molecule has 1 aliphatic rings. The van der Waals surface area contributed by atoms with Crippen molar-refractivity contribution in [3.63, 3.8) is 0 Å². The van der Waals surface area contributed by atoms with Gasteiger partial charge in [-0.05, 0) is 95.9 Å². The molecule has 5 rings (SSSR count). The number of aromatic hydroxyl groups is 1. The number of methoxy groups -OCH3 is 1. The Morgan fingerprint density at radius 1 is 1.13 bits per heavy atom. The molecule has 0 radical (unpaired) electrons. The summed E-state index contributed by atoms with van der Waals surface area (Å²) in [7, 11) is 1.40. The minimum Gasteiger partial charge on any atom is -0.507 e. The lowest BCUT2D eigenvalue weighted by molar-refractivity contribution is -0.132. The Bertz CT molecular complexity index is 1660. The zero-order valence-electron chi connectivity index (χ0n) is 21.6. The van der Waals surface area contributed by atoms with E-state index in [-0.39, 0.29) is 22.8 Å². The van der Waals surface area contributed by atoms with E-state index >= 15 is 0 Å². The van der Waals surface area contributed by atoms with Crippen molar-refractivity contribution in [2.24, 2.45) is 0 Å². The third-order valence-corrected chi connectivity index (χ3v) is 8.10. The summed E-state index contributed by atoms with van der Waals surface area (Å²) in [5.41, 5.74) is 3.42. The highest BCUT2D eigenvalue weighted by Crippen LogP contribution is 2.47. The van der Waals surface area contributed by atoms with Gasteiger partial charge in [0, 0.05) is 5.56 Å². The average Bonchev–Trinajstić information content (AvgIpc) is 3.44. The molecule has 1 atom stereocenters. The van der Waals surface area contributed by atoms with E-state index in [0.29, 0.717) is 33.1 Å². The van der Waals surface area contributed by atoms with Gasteiger partial charge in [0.25, 0.3) is 5.78 Å². The van der Waals surface area contributed by atoms with E-state index < -0.39 is 17.7 Å². The zero-order valence-corrected chi connectivity index (χ0v) is 24.0. The number of hydrogen-bond donors (Lipinski definition) is 2. The van der Waals surface area contributed by atoms with Crippen LogP contribution in [0.1, 0.15) is 35.2 Å².